The van der Waals surface area contributed by atoms with Crippen molar-refractivity contribution in [1.29, 1.82) is 0 Å². The minimum Gasteiger partial charge on any atom is -0.383 e. The van der Waals surface area contributed by atoms with Gasteiger partial charge in [0, 0.05) is 26.0 Å². The van der Waals surface area contributed by atoms with Crippen molar-refractivity contribution < 1.29 is 4.74 Å². The molecule has 0 spiro atoms. The summed E-state index contributed by atoms with van der Waals surface area (Å²) in [5.41, 5.74) is 5.98. The molecule has 2 aromatic heterocycles. The zero-order valence-corrected chi connectivity index (χ0v) is 12.6. The molecule has 3 heterocycles. The van der Waals surface area contributed by atoms with Crippen LogP contribution in [0.4, 0.5) is 11.6 Å². The van der Waals surface area contributed by atoms with E-state index < -0.39 is 0 Å². The lowest BCUT2D eigenvalue weighted by Gasteiger charge is -2.25. The molecule has 1 aliphatic rings. The number of nitrogens with zero attached hydrogens (tertiary/aromatic N) is 5. The first kappa shape index (κ1) is 13.3. The molecule has 0 amide bonds. The van der Waals surface area contributed by atoms with Crippen LogP contribution in [0.1, 0.15) is 12.8 Å². The van der Waals surface area contributed by atoms with Gasteiger partial charge in [-0.2, -0.15) is 15.1 Å². The van der Waals surface area contributed by atoms with Gasteiger partial charge in [0.1, 0.15) is 16.5 Å². The van der Waals surface area contributed by atoms with Crippen molar-refractivity contribution in [3.8, 4) is 5.95 Å². The predicted molar refractivity (Wildman–Crippen MR) is 78.6 cm³/mol. The molecule has 1 aliphatic heterocycles. The van der Waals surface area contributed by atoms with Gasteiger partial charge in [-0.25, -0.2) is 4.68 Å². The van der Waals surface area contributed by atoms with E-state index in [4.69, 9.17) is 10.5 Å². The summed E-state index contributed by atoms with van der Waals surface area (Å²) in [6, 6.07) is 1.81. The molecule has 2 N–H and O–H groups in total. The van der Waals surface area contributed by atoms with Crippen LogP contribution in [0.3, 0.4) is 0 Å². The fraction of sp³-hybridized carbons (Fsp3) is 0.417. The summed E-state index contributed by atoms with van der Waals surface area (Å²) in [4.78, 5) is 10.9. The molecule has 0 aromatic carbocycles. The average molecular weight is 339 g/mol. The van der Waals surface area contributed by atoms with Crippen LogP contribution in [0, 0.1) is 0 Å². The summed E-state index contributed by atoms with van der Waals surface area (Å²) in [7, 11) is 1.70. The molecule has 0 aliphatic carbocycles. The lowest BCUT2D eigenvalue weighted by atomic mass is 10.4. The van der Waals surface area contributed by atoms with Gasteiger partial charge >= 0.3 is 0 Å². The van der Waals surface area contributed by atoms with Gasteiger partial charge in [0.25, 0.3) is 5.95 Å². The maximum atomic E-state index is 5.98. The average Bonchev–Trinajstić information content (AvgIpc) is 3.11. The zero-order chi connectivity index (χ0) is 14.1. The number of hydrogen-bond donors (Lipinski definition) is 1. The molecule has 20 heavy (non-hydrogen) atoms. The number of halogens is 1. The second-order valence-corrected chi connectivity index (χ2v) is 5.32. The van der Waals surface area contributed by atoms with E-state index in [0.717, 1.165) is 25.2 Å². The Hall–Kier alpha value is -1.67. The normalized spacial score (nSPS) is 18.7. The fourth-order valence-corrected chi connectivity index (χ4v) is 2.75. The molecule has 0 saturated carbocycles. The van der Waals surface area contributed by atoms with E-state index in [1.807, 2.05) is 6.07 Å². The van der Waals surface area contributed by atoms with Crippen LogP contribution in [0.25, 0.3) is 5.95 Å². The fourth-order valence-electron chi connectivity index (χ4n) is 2.34. The van der Waals surface area contributed by atoms with E-state index in [9.17, 15) is 0 Å². The quantitative estimate of drug-likeness (QED) is 0.914. The number of nitrogens with two attached hydrogens (primary N) is 1. The number of anilines is 2. The molecule has 0 radical (unpaired) electrons. The Bertz CT molecular complexity index is 602. The van der Waals surface area contributed by atoms with E-state index in [1.165, 1.54) is 0 Å². The van der Waals surface area contributed by atoms with Gasteiger partial charge in [0.2, 0.25) is 0 Å². The van der Waals surface area contributed by atoms with Crippen molar-refractivity contribution in [2.24, 2.45) is 0 Å². The molecule has 1 saturated heterocycles. The van der Waals surface area contributed by atoms with E-state index in [-0.39, 0.29) is 6.23 Å². The summed E-state index contributed by atoms with van der Waals surface area (Å²) in [6.45, 7) is 0.881. The topological polar surface area (TPSA) is 82.1 Å². The second-order valence-electron chi connectivity index (χ2n) is 4.52. The molecule has 1 atom stereocenters. The van der Waals surface area contributed by atoms with Gasteiger partial charge in [-0.1, -0.05) is 0 Å². The summed E-state index contributed by atoms with van der Waals surface area (Å²) in [5.74, 6) is 1.59. The maximum absolute atomic E-state index is 5.98. The van der Waals surface area contributed by atoms with Crippen molar-refractivity contribution in [2.75, 3.05) is 24.3 Å². The Balaban J connectivity index is 2.06. The molecule has 1 fully saturated rings. The summed E-state index contributed by atoms with van der Waals surface area (Å²) in [6.07, 6.45) is 5.51. The highest BCUT2D eigenvalue weighted by molar-refractivity contribution is 9.10. The number of aromatic nitrogens is 4. The highest BCUT2D eigenvalue weighted by Gasteiger charge is 2.28. The third kappa shape index (κ3) is 2.25. The monoisotopic (exact) mass is 338 g/mol. The summed E-state index contributed by atoms with van der Waals surface area (Å²) in [5, 5.41) is 4.14. The second kappa shape index (κ2) is 5.37. The molecule has 7 nitrogen and oxygen atoms in total. The van der Waals surface area contributed by atoms with Crippen LogP contribution in [-0.4, -0.2) is 39.6 Å². The van der Waals surface area contributed by atoms with E-state index in [0.29, 0.717) is 16.2 Å². The van der Waals surface area contributed by atoms with Crippen molar-refractivity contribution in [1.82, 2.24) is 19.7 Å². The van der Waals surface area contributed by atoms with Gasteiger partial charge in [0.15, 0.2) is 5.82 Å². The van der Waals surface area contributed by atoms with Gasteiger partial charge in [0.05, 0.1) is 0 Å². The van der Waals surface area contributed by atoms with Crippen LogP contribution in [0.15, 0.2) is 22.9 Å². The molecule has 2 aromatic rings. The molecule has 106 valence electrons. The van der Waals surface area contributed by atoms with Crippen molar-refractivity contribution >= 4 is 27.6 Å². The molecule has 1 unspecified atom stereocenters. The van der Waals surface area contributed by atoms with Crippen molar-refractivity contribution in [3.05, 3.63) is 22.9 Å². The van der Waals surface area contributed by atoms with E-state index in [1.54, 1.807) is 24.2 Å². The first-order valence-corrected chi connectivity index (χ1v) is 7.12. The van der Waals surface area contributed by atoms with Gasteiger partial charge in [-0.15, -0.1) is 0 Å². The highest BCUT2D eigenvalue weighted by atomic mass is 79.9. The van der Waals surface area contributed by atoms with E-state index in [2.05, 4.69) is 35.9 Å². The summed E-state index contributed by atoms with van der Waals surface area (Å²) >= 11 is 3.47. The van der Waals surface area contributed by atoms with Gasteiger partial charge < -0.3 is 15.4 Å². The number of nitrogen functional groups attached to an aromatic ring is 1. The van der Waals surface area contributed by atoms with Crippen LogP contribution in [0.2, 0.25) is 0 Å². The largest absolute Gasteiger partial charge is 0.383 e. The molecule has 0 bridgehead atoms. The molecular formula is C12H15BrN6O. The third-order valence-electron chi connectivity index (χ3n) is 3.30. The first-order chi connectivity index (χ1) is 9.70. The number of ether oxygens (including phenoxy) is 1. The zero-order valence-electron chi connectivity index (χ0n) is 11.0. The molecule has 8 heteroatoms. The number of hydrogen-bond acceptors (Lipinski definition) is 6. The van der Waals surface area contributed by atoms with Gasteiger partial charge in [-0.05, 0) is 34.8 Å². The summed E-state index contributed by atoms with van der Waals surface area (Å²) < 4.78 is 7.76. The predicted octanol–water partition coefficient (Wildman–Crippen LogP) is 1.58. The minimum absolute atomic E-state index is 0.0195. The van der Waals surface area contributed by atoms with Crippen LogP contribution in [-0.2, 0) is 4.74 Å². The molecule has 3 rings (SSSR count). The SMILES string of the molecule is COC1CCCN1c1nc(-n2cccn2)nc(N)c1Br. The highest BCUT2D eigenvalue weighted by Crippen LogP contribution is 2.33. The minimum atomic E-state index is 0.0195. The Kier molecular flexibility index (Phi) is 3.58. The van der Waals surface area contributed by atoms with Crippen molar-refractivity contribution in [2.45, 2.75) is 19.1 Å². The van der Waals surface area contributed by atoms with E-state index >= 15 is 0 Å². The molecular weight excluding hydrogens is 324 g/mol. The Morgan fingerprint density at radius 2 is 2.30 bits per heavy atom. The van der Waals surface area contributed by atoms with Crippen molar-refractivity contribution in [3.63, 3.8) is 0 Å². The Morgan fingerprint density at radius 3 is 3.00 bits per heavy atom. The Morgan fingerprint density at radius 1 is 1.45 bits per heavy atom. The standard InChI is InChI=1S/C12H15BrN6O/c1-20-8-4-2-6-18(8)11-9(13)10(14)16-12(17-11)19-7-3-5-15-19/h3,5,7-8H,2,4,6H2,1H3,(H2,14,16,17). The van der Waals surface area contributed by atoms with Gasteiger partial charge in [-0.3, -0.25) is 0 Å². The lowest BCUT2D eigenvalue weighted by Crippen LogP contribution is -2.32. The third-order valence-corrected chi connectivity index (χ3v) is 4.06. The lowest BCUT2D eigenvalue weighted by molar-refractivity contribution is 0.111. The van der Waals surface area contributed by atoms with Crippen LogP contribution < -0.4 is 10.6 Å². The number of methoxy groups -OCH3 is 1. The Labute approximate surface area is 124 Å². The smallest absolute Gasteiger partial charge is 0.254 e. The number of rotatable bonds is 3. The van der Waals surface area contributed by atoms with Crippen LogP contribution in [0.5, 0.6) is 0 Å². The maximum Gasteiger partial charge on any atom is 0.254 e. The first-order valence-electron chi connectivity index (χ1n) is 6.33. The van der Waals surface area contributed by atoms with Crippen LogP contribution >= 0.6 is 15.9 Å².